The summed E-state index contributed by atoms with van der Waals surface area (Å²) in [5.41, 5.74) is 0.544. The molecule has 1 fully saturated rings. The van der Waals surface area contributed by atoms with Gasteiger partial charge in [-0.2, -0.15) is 0 Å². The zero-order chi connectivity index (χ0) is 26.9. The van der Waals surface area contributed by atoms with Gasteiger partial charge in [0.2, 0.25) is 0 Å². The number of aliphatic hydroxyl groups excluding tert-OH is 1. The molecule has 1 aliphatic rings. The Balaban J connectivity index is 1.94. The highest BCUT2D eigenvalue weighted by molar-refractivity contribution is 6.47. The summed E-state index contributed by atoms with van der Waals surface area (Å²) < 4.78 is 0. The van der Waals surface area contributed by atoms with Crippen LogP contribution in [-0.4, -0.2) is 57.7 Å². The second-order valence-corrected chi connectivity index (χ2v) is 9.63. The van der Waals surface area contributed by atoms with Crippen molar-refractivity contribution in [2.75, 3.05) is 26.2 Å². The van der Waals surface area contributed by atoms with Crippen LogP contribution in [0.3, 0.4) is 0 Å². The van der Waals surface area contributed by atoms with Gasteiger partial charge in [0, 0.05) is 29.3 Å². The van der Waals surface area contributed by atoms with Crippen LogP contribution < -0.4 is 0 Å². The van der Waals surface area contributed by atoms with Crippen molar-refractivity contribution in [3.05, 3.63) is 80.4 Å². The second-order valence-electron chi connectivity index (χ2n) is 9.22. The normalized spacial score (nSPS) is 17.1. The van der Waals surface area contributed by atoms with Crippen molar-refractivity contribution in [3.63, 3.8) is 0 Å². The number of rotatable bonds is 13. The van der Waals surface area contributed by atoms with Gasteiger partial charge >= 0.3 is 0 Å². The number of carbonyl (C=O) groups excluding carboxylic acids is 2. The third-order valence-electron chi connectivity index (χ3n) is 6.62. The second kappa shape index (κ2) is 13.4. The molecule has 37 heavy (non-hydrogen) atoms. The lowest BCUT2D eigenvalue weighted by molar-refractivity contribution is -0.384. The van der Waals surface area contributed by atoms with Crippen LogP contribution in [0.1, 0.15) is 63.1 Å². The van der Waals surface area contributed by atoms with Gasteiger partial charge < -0.3 is 14.9 Å². The number of hydrogen-bond acceptors (Lipinski definition) is 6. The Morgan fingerprint density at radius 3 is 2.16 bits per heavy atom. The summed E-state index contributed by atoms with van der Waals surface area (Å²) in [6.45, 7) is 7.41. The summed E-state index contributed by atoms with van der Waals surface area (Å²) in [4.78, 5) is 40.8. The average molecular weight is 528 g/mol. The molecule has 9 heteroatoms. The lowest BCUT2D eigenvalue weighted by Gasteiger charge is -2.28. The van der Waals surface area contributed by atoms with Gasteiger partial charge in [-0.3, -0.25) is 19.7 Å². The van der Waals surface area contributed by atoms with E-state index in [2.05, 4.69) is 18.7 Å². The molecule has 1 N–H and O–H groups in total. The molecule has 1 aliphatic heterocycles. The lowest BCUT2D eigenvalue weighted by Crippen LogP contribution is -2.34. The first-order valence-electron chi connectivity index (χ1n) is 12.8. The Hall–Kier alpha value is -3.23. The quantitative estimate of drug-likeness (QED) is 0.113. The van der Waals surface area contributed by atoms with Gasteiger partial charge in [0.25, 0.3) is 17.4 Å². The average Bonchev–Trinajstić information content (AvgIpc) is 3.14. The largest absolute Gasteiger partial charge is 0.507 e. The van der Waals surface area contributed by atoms with Gasteiger partial charge in [0.1, 0.15) is 5.76 Å². The Morgan fingerprint density at radius 2 is 1.59 bits per heavy atom. The molecule has 1 atom stereocenters. The van der Waals surface area contributed by atoms with E-state index in [-0.39, 0.29) is 22.6 Å². The number of aliphatic hydroxyl groups is 1. The van der Waals surface area contributed by atoms with Crippen molar-refractivity contribution in [3.8, 4) is 0 Å². The predicted molar refractivity (Wildman–Crippen MR) is 144 cm³/mol. The third-order valence-corrected chi connectivity index (χ3v) is 6.96. The Bertz CT molecular complexity index is 1140. The van der Waals surface area contributed by atoms with Crippen LogP contribution in [0, 0.1) is 10.1 Å². The van der Waals surface area contributed by atoms with Crippen molar-refractivity contribution in [1.82, 2.24) is 9.80 Å². The van der Waals surface area contributed by atoms with Crippen LogP contribution in [0.2, 0.25) is 5.02 Å². The molecule has 0 spiro atoms. The first-order chi connectivity index (χ1) is 17.8. The van der Waals surface area contributed by atoms with Gasteiger partial charge in [-0.05, 0) is 62.7 Å². The molecular weight excluding hydrogens is 494 g/mol. The number of carbonyl (C=O) groups is 2. The summed E-state index contributed by atoms with van der Waals surface area (Å²) >= 11 is 6.50. The summed E-state index contributed by atoms with van der Waals surface area (Å²) in [5, 5.41) is 22.5. The SMILES string of the molecule is CCCCN(CCCC)CCCN1C(=O)C(=O)/C(=C(\O)c2ccc([N+](=O)[O-])cc2)C1c1ccccc1Cl. The highest BCUT2D eigenvalue weighted by Crippen LogP contribution is 2.41. The number of amides is 1. The molecule has 2 aromatic carbocycles. The molecule has 1 unspecified atom stereocenters. The Labute approximate surface area is 222 Å². The van der Waals surface area contributed by atoms with E-state index >= 15 is 0 Å². The van der Waals surface area contributed by atoms with Gasteiger partial charge in [0.15, 0.2) is 0 Å². The molecule has 198 valence electrons. The van der Waals surface area contributed by atoms with Crippen LogP contribution in [0.15, 0.2) is 54.1 Å². The monoisotopic (exact) mass is 527 g/mol. The minimum atomic E-state index is -0.858. The van der Waals surface area contributed by atoms with Gasteiger partial charge in [-0.1, -0.05) is 56.5 Å². The summed E-state index contributed by atoms with van der Waals surface area (Å²) in [7, 11) is 0. The number of hydrogen-bond donors (Lipinski definition) is 1. The number of nitro groups is 1. The molecule has 3 rings (SSSR count). The molecule has 8 nitrogen and oxygen atoms in total. The number of likely N-dealkylation sites (tertiary alicyclic amines) is 1. The molecule has 1 heterocycles. The zero-order valence-electron chi connectivity index (χ0n) is 21.4. The van der Waals surface area contributed by atoms with Crippen molar-refractivity contribution in [2.24, 2.45) is 0 Å². The van der Waals surface area contributed by atoms with E-state index in [0.29, 0.717) is 23.6 Å². The number of benzene rings is 2. The van der Waals surface area contributed by atoms with Crippen molar-refractivity contribution >= 4 is 34.7 Å². The molecule has 0 saturated carbocycles. The highest BCUT2D eigenvalue weighted by atomic mass is 35.5. The topological polar surface area (TPSA) is 104 Å². The number of halogens is 1. The van der Waals surface area contributed by atoms with Crippen molar-refractivity contribution in [1.29, 1.82) is 0 Å². The molecule has 0 bridgehead atoms. The highest BCUT2D eigenvalue weighted by Gasteiger charge is 2.46. The van der Waals surface area contributed by atoms with E-state index in [1.54, 1.807) is 24.3 Å². The minimum absolute atomic E-state index is 0.0687. The number of unbranched alkanes of at least 4 members (excludes halogenated alkanes) is 2. The Morgan fingerprint density at radius 1 is 1.00 bits per heavy atom. The van der Waals surface area contributed by atoms with Crippen LogP contribution in [0.5, 0.6) is 0 Å². The fourth-order valence-electron chi connectivity index (χ4n) is 4.59. The molecule has 1 saturated heterocycles. The summed E-state index contributed by atoms with van der Waals surface area (Å²) in [6.07, 6.45) is 5.07. The predicted octanol–water partition coefficient (Wildman–Crippen LogP) is 5.96. The van der Waals surface area contributed by atoms with Gasteiger partial charge in [0.05, 0.1) is 16.5 Å². The van der Waals surface area contributed by atoms with Crippen LogP contribution in [0.4, 0.5) is 5.69 Å². The number of nitrogens with zero attached hydrogens (tertiary/aromatic N) is 3. The van der Waals surface area contributed by atoms with Gasteiger partial charge in [-0.25, -0.2) is 0 Å². The molecule has 2 aromatic rings. The number of nitro benzene ring substituents is 1. The first-order valence-corrected chi connectivity index (χ1v) is 13.2. The minimum Gasteiger partial charge on any atom is -0.507 e. The van der Waals surface area contributed by atoms with E-state index in [1.165, 1.54) is 29.2 Å². The molecule has 1 amide bonds. The van der Waals surface area contributed by atoms with Crippen LogP contribution >= 0.6 is 11.6 Å². The fraction of sp³-hybridized carbons (Fsp3) is 0.429. The van der Waals surface area contributed by atoms with E-state index in [4.69, 9.17) is 11.6 Å². The lowest BCUT2D eigenvalue weighted by atomic mass is 9.95. The summed E-state index contributed by atoms with van der Waals surface area (Å²) in [6, 6.07) is 11.3. The Kier molecular flexibility index (Phi) is 10.2. The molecule has 0 aromatic heterocycles. The van der Waals surface area contributed by atoms with Crippen LogP contribution in [0.25, 0.3) is 5.76 Å². The van der Waals surface area contributed by atoms with E-state index in [9.17, 15) is 24.8 Å². The smallest absolute Gasteiger partial charge is 0.295 e. The van der Waals surface area contributed by atoms with E-state index in [1.807, 2.05) is 0 Å². The maximum atomic E-state index is 13.2. The van der Waals surface area contributed by atoms with Crippen molar-refractivity contribution < 1.29 is 19.6 Å². The van der Waals surface area contributed by atoms with Gasteiger partial charge in [-0.15, -0.1) is 0 Å². The maximum Gasteiger partial charge on any atom is 0.295 e. The number of ketones is 1. The molecule has 0 radical (unpaired) electrons. The maximum absolute atomic E-state index is 13.2. The molecule has 0 aliphatic carbocycles. The third kappa shape index (κ3) is 6.76. The molecular formula is C28H34ClN3O5. The zero-order valence-corrected chi connectivity index (χ0v) is 22.1. The number of Topliss-reactive ketones (excluding diaryl/α,β-unsaturated/α-hetero) is 1. The van der Waals surface area contributed by atoms with Crippen molar-refractivity contribution in [2.45, 2.75) is 52.0 Å². The van der Waals surface area contributed by atoms with E-state index in [0.717, 1.165) is 45.3 Å². The summed E-state index contributed by atoms with van der Waals surface area (Å²) in [5.74, 6) is -1.87. The van der Waals surface area contributed by atoms with Crippen LogP contribution in [-0.2, 0) is 9.59 Å². The number of non-ortho nitro benzene ring substituents is 1. The fourth-order valence-corrected chi connectivity index (χ4v) is 4.83. The standard InChI is InChI=1S/C28H34ClN3O5/c1-3-5-16-30(17-6-4-2)18-9-19-31-25(22-10-7-8-11-23(22)29)24(27(34)28(31)35)26(33)20-12-14-21(15-13-20)32(36)37/h7-8,10-15,25,33H,3-6,9,16-19H2,1-2H3/b26-24-. The van der Waals surface area contributed by atoms with E-state index < -0.39 is 22.7 Å². The first kappa shape index (κ1) is 28.3.